The van der Waals surface area contributed by atoms with Crippen LogP contribution in [0, 0.1) is 25.3 Å². The van der Waals surface area contributed by atoms with Crippen molar-refractivity contribution in [3.8, 4) is 50.9 Å². The van der Waals surface area contributed by atoms with E-state index >= 15 is 0 Å². The van der Waals surface area contributed by atoms with E-state index < -0.39 is 324 Å². The number of imidazole rings is 1. The van der Waals surface area contributed by atoms with Gasteiger partial charge in [0.15, 0.2) is 16.1 Å². The topological polar surface area (TPSA) is 35.9 Å². The van der Waals surface area contributed by atoms with E-state index in [9.17, 15) is 31.5 Å². The second-order valence-electron chi connectivity index (χ2n) is 22.7. The van der Waals surface area contributed by atoms with Crippen molar-refractivity contribution in [1.29, 1.82) is 0 Å². The van der Waals surface area contributed by atoms with E-state index in [-0.39, 0.29) is 60.8 Å². The number of aromatic nitrogens is 4. The van der Waals surface area contributed by atoms with Crippen LogP contribution in [0.5, 0.6) is 11.5 Å². The molecule has 0 amide bonds. The maximum Gasteiger partial charge on any atom is 0.268 e. The van der Waals surface area contributed by atoms with Crippen molar-refractivity contribution in [3.63, 3.8) is 0 Å². The zero-order chi connectivity index (χ0) is 100. The van der Waals surface area contributed by atoms with Crippen LogP contribution in [0.3, 0.4) is 0 Å². The van der Waals surface area contributed by atoms with Crippen LogP contribution in [0.2, 0.25) is 19.6 Å². The third kappa shape index (κ3) is 11.1. The molecule has 13 aromatic carbocycles. The summed E-state index contributed by atoms with van der Waals surface area (Å²) >= 11 is 0. The van der Waals surface area contributed by atoms with Crippen LogP contribution >= 0.6 is 0 Å². The van der Waals surface area contributed by atoms with Gasteiger partial charge in [-0.3, -0.25) is 4.57 Å². The molecule has 0 spiro atoms. The molecule has 0 aliphatic rings. The Morgan fingerprint density at radius 3 is 1.47 bits per heavy atom. The first-order valence-electron chi connectivity index (χ1n) is 50.1. The van der Waals surface area contributed by atoms with E-state index in [1.54, 1.807) is 100 Å². The first-order chi connectivity index (χ1) is 64.1. The molecule has 470 valence electrons. The Kier molecular flexibility index (Phi) is 8.52. The number of benzene rings is 13. The molecule has 0 bridgehead atoms. The van der Waals surface area contributed by atoms with Gasteiger partial charge in [0.05, 0.1) is 76.9 Å². The maximum absolute atomic E-state index is 10.8. The summed E-state index contributed by atoms with van der Waals surface area (Å²) in [6.45, 7) is 2.54. The van der Waals surface area contributed by atoms with Gasteiger partial charge in [-0.2, -0.15) is 18.2 Å². The molecule has 0 unspecified atom stereocenters. The van der Waals surface area contributed by atoms with Gasteiger partial charge in [-0.15, -0.1) is 29.7 Å². The molecule has 3 aromatic heterocycles. The van der Waals surface area contributed by atoms with Crippen LogP contribution in [0.4, 0.5) is 0 Å². The molecule has 97 heavy (non-hydrogen) atoms. The Labute approximate surface area is 642 Å². The van der Waals surface area contributed by atoms with Crippen LogP contribution in [-0.2, 0) is 21.1 Å². The van der Waals surface area contributed by atoms with Crippen molar-refractivity contribution < 1.29 is 86.6 Å². The van der Waals surface area contributed by atoms with Crippen molar-refractivity contribution in [1.82, 2.24) is 14.1 Å². The SMILES string of the molecule is [2H]c1c([2H])c([2H])c([Si](c2c([2H])c([2H])c([2H])c([2H])c2[2H])(c2c([2H])c([2H])c([2H])c([2H])c2[2H])c2c([2H])c([2H])c([2H])c(-c3cnc(-n4c5[c-]c(Oc6[c-]c(-n7[c-][n+](-c8c(-c9c([2H])c([2H])c([2H])c([Si](c%10c([2H])c([2H])c([2H])c([2H])c%10[2H])(c%10c([2H])c([2H])c([2H])c([2H])c%10[2H])c%10c([2H])c([2H])c([2H])c([2H])c%10[2H])c9[2H])cccc8[Si](C)(C)C)c8ccccc87)ccc6)ccc5c5ccccc54)cc3C([2H])([2H])[2H])c2[2H])c([2H])c1[2H].[Pt]. The van der Waals surface area contributed by atoms with Crippen molar-refractivity contribution in [2.45, 2.75) is 26.5 Å². The molecule has 0 aliphatic carbocycles. The fourth-order valence-corrected chi connectivity index (χ4v) is 20.8. The molecular weight excluding hydrogens is 1410 g/mol. The van der Waals surface area contributed by atoms with E-state index in [0.717, 1.165) is 12.3 Å². The van der Waals surface area contributed by atoms with E-state index in [2.05, 4.69) is 18.5 Å². The summed E-state index contributed by atoms with van der Waals surface area (Å²) in [5, 5.41) is -6.95. The molecule has 0 fully saturated rings. The molecule has 16 rings (SSSR count). The number of fused-ring (bicyclic) bond motifs is 4. The van der Waals surface area contributed by atoms with Gasteiger partial charge >= 0.3 is 0 Å². The summed E-state index contributed by atoms with van der Waals surface area (Å²) in [4.78, 5) is 4.77. The predicted octanol–water partition coefficient (Wildman–Crippen LogP) is 14.5. The minimum Gasteiger partial charge on any atom is -0.510 e. The second kappa shape index (κ2) is 26.2. The van der Waals surface area contributed by atoms with Crippen LogP contribution in [-0.4, -0.2) is 38.3 Å². The number of hydrogen-bond acceptors (Lipinski definition) is 2. The second-order valence-corrected chi connectivity index (χ2v) is 34.8. The predicted molar refractivity (Wildman–Crippen MR) is 406 cm³/mol. The Morgan fingerprint density at radius 1 is 0.454 bits per heavy atom. The Bertz CT molecular complexity index is 7550. The standard InChI is InChI=1S/C88H68N4OSi3.Pt/c1-64-57-87(89-62-81(64)66-32-28-48-77(59-66)96(73-41-17-8-18-42-73,74-43-19-9-20-44-74)75-45-21-10-22-46-75)92-82-51-24-23-49-79(82)80-56-55-69(61-85(80)92)93-68-34-29-33-67(60-68)90-63-91(84-53-26-25-52-83(84)90)88-78(50-30-54-86(88)94(2,3)4)65-31-27-47-76(58-65)95(70-35-11-5-12-36-70,71-37-13-6-14-38-71)72-39-15-7-16-40-72;/h5-59,62H,1-4H3;/q-2;/i1D3,5D,6D,7D,8D,9D,10D,11D,12D,13D,14D,15D,16D,17D,18D,19D,20D,21D,22D,27D,28D,31D,32D,35D,36D,37D,38D,39D,40D,41D,42D,43D,44D,45D,46D,47D,48D,58D,59D;. The molecule has 0 aliphatic heterocycles. The van der Waals surface area contributed by atoms with E-state index in [1.807, 2.05) is 19.6 Å². The molecule has 3 heterocycles. The number of rotatable bonds is 16. The summed E-state index contributed by atoms with van der Waals surface area (Å²) < 4.78 is 397. The van der Waals surface area contributed by atoms with Gasteiger partial charge in [0.25, 0.3) is 6.33 Å². The normalized spacial score (nSPS) is 17.9. The van der Waals surface area contributed by atoms with Gasteiger partial charge < -0.3 is 13.9 Å². The summed E-state index contributed by atoms with van der Waals surface area (Å²) in [5.41, 5.74) is -1.25. The summed E-state index contributed by atoms with van der Waals surface area (Å²) in [6.07, 6.45) is 4.34. The smallest absolute Gasteiger partial charge is 0.268 e. The quantitative estimate of drug-likeness (QED) is 0.0418. The van der Waals surface area contributed by atoms with Crippen LogP contribution in [0.1, 0.15) is 61.8 Å². The van der Waals surface area contributed by atoms with Gasteiger partial charge in [-0.1, -0.05) is 315 Å². The number of pyridine rings is 1. The zero-order valence-corrected chi connectivity index (χ0v) is 56.2. The minimum absolute atomic E-state index is 0. The first-order valence-corrected chi connectivity index (χ1v) is 37.1. The Morgan fingerprint density at radius 2 is 0.938 bits per heavy atom. The number of ether oxygens (including phenoxy) is 1. The molecule has 0 N–H and O–H groups in total. The first kappa shape index (κ1) is 31.5. The fourth-order valence-electron chi connectivity index (χ4n) is 12.1. The number of nitrogens with zero attached hydrogens (tertiary/aromatic N) is 4. The number of aryl methyl sites for hydroxylation is 1. The van der Waals surface area contributed by atoms with E-state index in [1.165, 1.54) is 10.6 Å². The monoisotopic (exact) mass is 1520 g/mol. The summed E-state index contributed by atoms with van der Waals surface area (Å²) in [5.74, 6) is -0.194. The molecule has 5 nitrogen and oxygen atoms in total. The van der Waals surface area contributed by atoms with Crippen LogP contribution in [0.25, 0.3) is 72.3 Å². The molecular formula is C88H68N4OPtSi3-2. The number of para-hydroxylation sites is 4. The van der Waals surface area contributed by atoms with Gasteiger partial charge in [-0.25, -0.2) is 4.98 Å². The van der Waals surface area contributed by atoms with Crippen molar-refractivity contribution in [3.05, 3.63) is 363 Å². The largest absolute Gasteiger partial charge is 0.510 e. The third-order valence-electron chi connectivity index (χ3n) is 16.3. The van der Waals surface area contributed by atoms with Gasteiger partial charge in [0, 0.05) is 54.0 Å². The van der Waals surface area contributed by atoms with Crippen molar-refractivity contribution in [2.75, 3.05) is 0 Å². The fraction of sp³-hybridized carbons (Fsp3) is 0.0455. The third-order valence-corrected chi connectivity index (χ3v) is 26.3. The number of hydrogen-bond donors (Lipinski definition) is 0. The Hall–Kier alpha value is -10.6. The molecule has 0 radical (unpaired) electrons. The van der Waals surface area contributed by atoms with Crippen molar-refractivity contribution in [2.24, 2.45) is 0 Å². The van der Waals surface area contributed by atoms with Gasteiger partial charge in [-0.05, 0) is 99.0 Å². The molecule has 0 saturated carbocycles. The van der Waals surface area contributed by atoms with E-state index in [4.69, 9.17) is 34.4 Å². The average molecular weight is 1520 g/mol. The molecule has 0 atom stereocenters. The molecule has 0 saturated heterocycles. The average Bonchev–Trinajstić information content (AvgIpc) is 0.829. The molecule has 9 heteroatoms. The summed E-state index contributed by atoms with van der Waals surface area (Å²) in [6, 6.07) is -9.62. The maximum atomic E-state index is 10.8. The minimum atomic E-state index is -6.39. The van der Waals surface area contributed by atoms with Crippen molar-refractivity contribution >= 4 is 104 Å². The van der Waals surface area contributed by atoms with Crippen LogP contribution in [0.15, 0.2) is 339 Å². The van der Waals surface area contributed by atoms with Crippen LogP contribution < -0.4 is 56.0 Å². The molecule has 16 aromatic rings. The zero-order valence-electron chi connectivity index (χ0n) is 91.9. The van der Waals surface area contributed by atoms with Gasteiger partial charge in [0.1, 0.15) is 5.82 Å². The van der Waals surface area contributed by atoms with Gasteiger partial charge in [0.2, 0.25) is 0 Å². The summed E-state index contributed by atoms with van der Waals surface area (Å²) in [7, 11) is -15.6. The van der Waals surface area contributed by atoms with E-state index in [0.29, 0.717) is 32.5 Å². The Balaban J connectivity index is 0.0000144.